The minimum Gasteiger partial charge on any atom is -0.492 e. The van der Waals surface area contributed by atoms with Crippen LogP contribution in [0.1, 0.15) is 38.2 Å². The molecule has 1 N–H and O–H groups in total. The molecule has 1 aromatic carbocycles. The van der Waals surface area contributed by atoms with Gasteiger partial charge in [0.1, 0.15) is 12.4 Å². The lowest BCUT2D eigenvalue weighted by Crippen LogP contribution is -2.28. The number of nitrogens with one attached hydrogen (secondary N) is 1. The fraction of sp³-hybridized carbons (Fsp3) is 0.571. The lowest BCUT2D eigenvalue weighted by Gasteiger charge is -2.13. The minimum absolute atomic E-state index is 0.544. The molecule has 1 aliphatic heterocycles. The molecule has 1 fully saturated rings. The Balaban J connectivity index is 1.90. The number of hydrogen-bond donors (Lipinski definition) is 1. The van der Waals surface area contributed by atoms with Gasteiger partial charge in [0.15, 0.2) is 0 Å². The molecule has 0 bridgehead atoms. The van der Waals surface area contributed by atoms with Crippen molar-refractivity contribution in [3.8, 4) is 5.75 Å². The largest absolute Gasteiger partial charge is 0.492 e. The predicted molar refractivity (Wildman–Crippen MR) is 67.1 cm³/mol. The van der Waals surface area contributed by atoms with Crippen LogP contribution in [-0.4, -0.2) is 19.2 Å². The first-order valence-electron chi connectivity index (χ1n) is 6.22. The molecule has 2 nitrogen and oxygen atoms in total. The average Bonchev–Trinajstić information content (AvgIpc) is 2.79. The predicted octanol–water partition coefficient (Wildman–Crippen LogP) is 2.94. The van der Waals surface area contributed by atoms with Gasteiger partial charge in [-0.2, -0.15) is 0 Å². The lowest BCUT2D eigenvalue weighted by atomic mass is 10.0. The Labute approximate surface area is 98.0 Å². The van der Waals surface area contributed by atoms with E-state index in [-0.39, 0.29) is 0 Å². The minimum atomic E-state index is 0.544. The van der Waals surface area contributed by atoms with Crippen LogP contribution in [0, 0.1) is 0 Å². The molecule has 2 rings (SSSR count). The standard InChI is InChI=1S/C14H21NO/c1-11(2)12-5-3-7-14(9-12)16-10-13-6-4-8-15-13/h3,5,7,9,11,13,15H,4,6,8,10H2,1-2H3/t13-/m1/s1. The molecule has 1 aliphatic rings. The summed E-state index contributed by atoms with van der Waals surface area (Å²) in [4.78, 5) is 0. The van der Waals surface area contributed by atoms with E-state index in [0.29, 0.717) is 12.0 Å². The Morgan fingerprint density at radius 3 is 3.00 bits per heavy atom. The second-order valence-corrected chi connectivity index (χ2v) is 4.83. The summed E-state index contributed by atoms with van der Waals surface area (Å²) in [5.74, 6) is 1.56. The molecule has 0 amide bonds. The summed E-state index contributed by atoms with van der Waals surface area (Å²) in [6, 6.07) is 8.97. The first-order chi connectivity index (χ1) is 7.75. The smallest absolute Gasteiger partial charge is 0.119 e. The monoisotopic (exact) mass is 219 g/mol. The van der Waals surface area contributed by atoms with Crippen molar-refractivity contribution in [2.45, 2.75) is 38.6 Å². The van der Waals surface area contributed by atoms with Crippen LogP contribution in [0.2, 0.25) is 0 Å². The summed E-state index contributed by atoms with van der Waals surface area (Å²) < 4.78 is 5.82. The molecule has 1 heterocycles. The van der Waals surface area contributed by atoms with Crippen molar-refractivity contribution in [3.05, 3.63) is 29.8 Å². The van der Waals surface area contributed by atoms with Gasteiger partial charge in [0.25, 0.3) is 0 Å². The van der Waals surface area contributed by atoms with Crippen LogP contribution >= 0.6 is 0 Å². The maximum Gasteiger partial charge on any atom is 0.119 e. The van der Waals surface area contributed by atoms with Crippen molar-refractivity contribution in [2.24, 2.45) is 0 Å². The van der Waals surface area contributed by atoms with Gasteiger partial charge in [-0.15, -0.1) is 0 Å². The fourth-order valence-corrected chi connectivity index (χ4v) is 2.06. The van der Waals surface area contributed by atoms with Gasteiger partial charge < -0.3 is 10.1 Å². The Morgan fingerprint density at radius 1 is 1.44 bits per heavy atom. The van der Waals surface area contributed by atoms with Crippen molar-refractivity contribution in [1.82, 2.24) is 5.32 Å². The van der Waals surface area contributed by atoms with Gasteiger partial charge in [-0.05, 0) is 43.0 Å². The summed E-state index contributed by atoms with van der Waals surface area (Å²) >= 11 is 0. The van der Waals surface area contributed by atoms with Gasteiger partial charge in [-0.3, -0.25) is 0 Å². The number of rotatable bonds is 4. The molecule has 1 aromatic rings. The first kappa shape index (κ1) is 11.5. The summed E-state index contributed by atoms with van der Waals surface area (Å²) in [5, 5.41) is 3.44. The molecule has 0 spiro atoms. The molecule has 0 radical (unpaired) electrons. The zero-order valence-corrected chi connectivity index (χ0v) is 10.2. The average molecular weight is 219 g/mol. The Bertz CT molecular complexity index is 329. The topological polar surface area (TPSA) is 21.3 Å². The molecule has 88 valence electrons. The van der Waals surface area contributed by atoms with E-state index in [9.17, 15) is 0 Å². The van der Waals surface area contributed by atoms with Gasteiger partial charge in [-0.1, -0.05) is 26.0 Å². The molecule has 1 atom stereocenters. The van der Waals surface area contributed by atoms with E-state index in [4.69, 9.17) is 4.74 Å². The lowest BCUT2D eigenvalue weighted by molar-refractivity contribution is 0.277. The number of ether oxygens (including phenoxy) is 1. The zero-order chi connectivity index (χ0) is 11.4. The normalized spacial score (nSPS) is 20.3. The molecule has 0 aromatic heterocycles. The van der Waals surface area contributed by atoms with E-state index in [2.05, 4.69) is 37.4 Å². The third-order valence-corrected chi connectivity index (χ3v) is 3.14. The zero-order valence-electron chi connectivity index (χ0n) is 10.2. The van der Waals surface area contributed by atoms with Crippen LogP contribution in [0.5, 0.6) is 5.75 Å². The van der Waals surface area contributed by atoms with Crippen molar-refractivity contribution < 1.29 is 4.74 Å². The van der Waals surface area contributed by atoms with Crippen LogP contribution in [-0.2, 0) is 0 Å². The number of hydrogen-bond acceptors (Lipinski definition) is 2. The van der Waals surface area contributed by atoms with Crippen molar-refractivity contribution >= 4 is 0 Å². The van der Waals surface area contributed by atoms with E-state index in [0.717, 1.165) is 18.9 Å². The molecule has 1 saturated heterocycles. The van der Waals surface area contributed by atoms with Crippen molar-refractivity contribution in [2.75, 3.05) is 13.2 Å². The molecule has 0 saturated carbocycles. The van der Waals surface area contributed by atoms with Crippen LogP contribution in [0.3, 0.4) is 0 Å². The summed E-state index contributed by atoms with van der Waals surface area (Å²) in [5.41, 5.74) is 1.34. The molecule has 16 heavy (non-hydrogen) atoms. The third kappa shape index (κ3) is 2.99. The molecule has 0 aliphatic carbocycles. The SMILES string of the molecule is CC(C)c1cccc(OC[C@H]2CCCN2)c1. The van der Waals surface area contributed by atoms with Crippen LogP contribution in [0.4, 0.5) is 0 Å². The Kier molecular flexibility index (Phi) is 3.83. The fourth-order valence-electron chi connectivity index (χ4n) is 2.06. The maximum absolute atomic E-state index is 5.82. The molecular weight excluding hydrogens is 198 g/mol. The van der Waals surface area contributed by atoms with Crippen LogP contribution in [0.15, 0.2) is 24.3 Å². The maximum atomic E-state index is 5.82. The van der Waals surface area contributed by atoms with Gasteiger partial charge >= 0.3 is 0 Å². The van der Waals surface area contributed by atoms with Crippen LogP contribution in [0.25, 0.3) is 0 Å². The van der Waals surface area contributed by atoms with Gasteiger partial charge in [-0.25, -0.2) is 0 Å². The summed E-state index contributed by atoms with van der Waals surface area (Å²) in [7, 11) is 0. The highest BCUT2D eigenvalue weighted by atomic mass is 16.5. The Morgan fingerprint density at radius 2 is 2.31 bits per heavy atom. The van der Waals surface area contributed by atoms with E-state index in [1.807, 2.05) is 6.07 Å². The first-order valence-corrected chi connectivity index (χ1v) is 6.22. The highest BCUT2D eigenvalue weighted by Gasteiger charge is 2.14. The number of benzene rings is 1. The van der Waals surface area contributed by atoms with Crippen molar-refractivity contribution in [3.63, 3.8) is 0 Å². The van der Waals surface area contributed by atoms with E-state index in [1.54, 1.807) is 0 Å². The van der Waals surface area contributed by atoms with Gasteiger partial charge in [0.2, 0.25) is 0 Å². The van der Waals surface area contributed by atoms with Crippen molar-refractivity contribution in [1.29, 1.82) is 0 Å². The molecular formula is C14H21NO. The Hall–Kier alpha value is -1.02. The second-order valence-electron chi connectivity index (χ2n) is 4.83. The highest BCUT2D eigenvalue weighted by molar-refractivity contribution is 5.30. The van der Waals surface area contributed by atoms with E-state index >= 15 is 0 Å². The summed E-state index contributed by atoms with van der Waals surface area (Å²) in [6.07, 6.45) is 2.52. The van der Waals surface area contributed by atoms with Gasteiger partial charge in [0.05, 0.1) is 0 Å². The quantitative estimate of drug-likeness (QED) is 0.840. The highest BCUT2D eigenvalue weighted by Crippen LogP contribution is 2.20. The van der Waals surface area contributed by atoms with E-state index in [1.165, 1.54) is 18.4 Å². The van der Waals surface area contributed by atoms with E-state index < -0.39 is 0 Å². The molecule has 2 heteroatoms. The second kappa shape index (κ2) is 5.35. The van der Waals surface area contributed by atoms with Gasteiger partial charge in [0, 0.05) is 6.04 Å². The molecule has 0 unspecified atom stereocenters. The third-order valence-electron chi connectivity index (χ3n) is 3.14. The summed E-state index contributed by atoms with van der Waals surface area (Å²) in [6.45, 7) is 6.34. The van der Waals surface area contributed by atoms with Crippen LogP contribution < -0.4 is 10.1 Å².